The van der Waals surface area contributed by atoms with Crippen molar-refractivity contribution in [1.82, 2.24) is 0 Å². The van der Waals surface area contributed by atoms with Crippen LogP contribution >= 0.6 is 15.9 Å². The topological polar surface area (TPSA) is 0 Å². The smallest absolute Gasteiger partial charge is 0.0177 e. The van der Waals surface area contributed by atoms with Crippen molar-refractivity contribution in [3.63, 3.8) is 0 Å². The molecule has 0 aliphatic heterocycles. The SMILES string of the molecule is C#CCCCc1cccc(Br)c1. The van der Waals surface area contributed by atoms with E-state index in [-0.39, 0.29) is 0 Å². The molecule has 0 saturated carbocycles. The van der Waals surface area contributed by atoms with Crippen LogP contribution in [-0.4, -0.2) is 0 Å². The molecule has 1 aromatic carbocycles. The number of terminal acetylenes is 1. The van der Waals surface area contributed by atoms with Crippen molar-refractivity contribution in [2.24, 2.45) is 0 Å². The first-order chi connectivity index (χ1) is 5.83. The zero-order valence-electron chi connectivity index (χ0n) is 6.89. The van der Waals surface area contributed by atoms with Gasteiger partial charge in [0.15, 0.2) is 0 Å². The number of rotatable bonds is 3. The molecule has 1 rings (SSSR count). The Morgan fingerprint density at radius 2 is 2.25 bits per heavy atom. The average molecular weight is 223 g/mol. The van der Waals surface area contributed by atoms with Crippen molar-refractivity contribution in [2.75, 3.05) is 0 Å². The second-order valence-electron chi connectivity index (χ2n) is 2.69. The number of hydrogen-bond donors (Lipinski definition) is 0. The van der Waals surface area contributed by atoms with E-state index in [0.29, 0.717) is 0 Å². The van der Waals surface area contributed by atoms with Crippen molar-refractivity contribution in [2.45, 2.75) is 19.3 Å². The monoisotopic (exact) mass is 222 g/mol. The van der Waals surface area contributed by atoms with E-state index in [4.69, 9.17) is 6.42 Å². The van der Waals surface area contributed by atoms with Crippen LogP contribution in [0.2, 0.25) is 0 Å². The average Bonchev–Trinajstić information content (AvgIpc) is 2.05. The predicted octanol–water partition coefficient (Wildman–Crippen LogP) is 3.41. The summed E-state index contributed by atoms with van der Waals surface area (Å²) in [6, 6.07) is 8.35. The van der Waals surface area contributed by atoms with E-state index >= 15 is 0 Å². The molecule has 0 aliphatic carbocycles. The van der Waals surface area contributed by atoms with Gasteiger partial charge in [-0.05, 0) is 30.5 Å². The Morgan fingerprint density at radius 1 is 1.42 bits per heavy atom. The van der Waals surface area contributed by atoms with Gasteiger partial charge in [0.2, 0.25) is 0 Å². The number of aryl methyl sites for hydroxylation is 1. The Labute approximate surface area is 82.1 Å². The van der Waals surface area contributed by atoms with Crippen LogP contribution in [0.25, 0.3) is 0 Å². The van der Waals surface area contributed by atoms with Crippen LogP contribution < -0.4 is 0 Å². The third kappa shape index (κ3) is 3.11. The number of hydrogen-bond acceptors (Lipinski definition) is 0. The lowest BCUT2D eigenvalue weighted by atomic mass is 10.1. The minimum atomic E-state index is 0.868. The van der Waals surface area contributed by atoms with Crippen molar-refractivity contribution in [1.29, 1.82) is 0 Å². The van der Waals surface area contributed by atoms with Gasteiger partial charge >= 0.3 is 0 Å². The maximum absolute atomic E-state index is 5.16. The fourth-order valence-electron chi connectivity index (χ4n) is 1.09. The van der Waals surface area contributed by atoms with Crippen LogP contribution in [0.15, 0.2) is 28.7 Å². The fourth-order valence-corrected chi connectivity index (χ4v) is 1.53. The van der Waals surface area contributed by atoms with Crippen molar-refractivity contribution < 1.29 is 0 Å². The third-order valence-electron chi connectivity index (χ3n) is 1.68. The van der Waals surface area contributed by atoms with E-state index in [9.17, 15) is 0 Å². The summed E-state index contributed by atoms with van der Waals surface area (Å²) in [6.07, 6.45) is 8.18. The summed E-state index contributed by atoms with van der Waals surface area (Å²) in [4.78, 5) is 0. The molecule has 0 amide bonds. The van der Waals surface area contributed by atoms with E-state index in [2.05, 4.69) is 40.0 Å². The molecule has 12 heavy (non-hydrogen) atoms. The van der Waals surface area contributed by atoms with E-state index in [1.807, 2.05) is 6.07 Å². The van der Waals surface area contributed by atoms with Crippen molar-refractivity contribution in [3.8, 4) is 12.3 Å². The molecular formula is C11H11Br. The van der Waals surface area contributed by atoms with Crippen LogP contribution in [-0.2, 0) is 6.42 Å². The van der Waals surface area contributed by atoms with E-state index < -0.39 is 0 Å². The first kappa shape index (κ1) is 9.35. The lowest BCUT2D eigenvalue weighted by Crippen LogP contribution is -1.83. The van der Waals surface area contributed by atoms with Crippen LogP contribution in [0.5, 0.6) is 0 Å². The molecule has 0 fully saturated rings. The molecule has 1 heteroatoms. The minimum absolute atomic E-state index is 0.868. The summed E-state index contributed by atoms with van der Waals surface area (Å²) in [5.41, 5.74) is 1.35. The van der Waals surface area contributed by atoms with E-state index in [0.717, 1.165) is 23.7 Å². The van der Waals surface area contributed by atoms with Gasteiger partial charge in [0.05, 0.1) is 0 Å². The van der Waals surface area contributed by atoms with Gasteiger partial charge in [-0.25, -0.2) is 0 Å². The Kier molecular flexibility index (Phi) is 3.90. The standard InChI is InChI=1S/C11H11Br/c1-2-3-4-6-10-7-5-8-11(12)9-10/h1,5,7-9H,3-4,6H2. The summed E-state index contributed by atoms with van der Waals surface area (Å²) in [5.74, 6) is 2.64. The van der Waals surface area contributed by atoms with Crippen LogP contribution in [0.1, 0.15) is 18.4 Å². The van der Waals surface area contributed by atoms with Gasteiger partial charge in [0.25, 0.3) is 0 Å². The van der Waals surface area contributed by atoms with Crippen molar-refractivity contribution >= 4 is 15.9 Å². The molecule has 0 unspecified atom stereocenters. The van der Waals surface area contributed by atoms with Crippen LogP contribution in [0, 0.1) is 12.3 Å². The lowest BCUT2D eigenvalue weighted by molar-refractivity contribution is 0.858. The summed E-state index contributed by atoms with van der Waals surface area (Å²) >= 11 is 3.43. The maximum Gasteiger partial charge on any atom is 0.0177 e. The Hall–Kier alpha value is -0.740. The maximum atomic E-state index is 5.16. The second-order valence-corrected chi connectivity index (χ2v) is 3.60. The van der Waals surface area contributed by atoms with Crippen molar-refractivity contribution in [3.05, 3.63) is 34.3 Å². The summed E-state index contributed by atoms with van der Waals surface area (Å²) in [5, 5.41) is 0. The molecule has 62 valence electrons. The van der Waals surface area contributed by atoms with Gasteiger partial charge in [0, 0.05) is 10.9 Å². The molecule has 0 N–H and O–H groups in total. The highest BCUT2D eigenvalue weighted by molar-refractivity contribution is 9.10. The van der Waals surface area contributed by atoms with E-state index in [1.165, 1.54) is 5.56 Å². The van der Waals surface area contributed by atoms with Crippen LogP contribution in [0.3, 0.4) is 0 Å². The normalized spacial score (nSPS) is 9.33. The zero-order chi connectivity index (χ0) is 8.81. The number of halogens is 1. The lowest BCUT2D eigenvalue weighted by Gasteiger charge is -1.98. The van der Waals surface area contributed by atoms with Gasteiger partial charge in [-0.1, -0.05) is 28.1 Å². The highest BCUT2D eigenvalue weighted by Gasteiger charge is 1.92. The van der Waals surface area contributed by atoms with E-state index in [1.54, 1.807) is 0 Å². The first-order valence-electron chi connectivity index (χ1n) is 4.01. The first-order valence-corrected chi connectivity index (χ1v) is 4.80. The highest BCUT2D eigenvalue weighted by Crippen LogP contribution is 2.13. The molecule has 0 heterocycles. The Bertz CT molecular complexity index is 283. The number of unbranched alkanes of at least 4 members (excludes halogenated alkanes) is 1. The predicted molar refractivity (Wildman–Crippen MR) is 55.9 cm³/mol. The Balaban J connectivity index is 2.48. The van der Waals surface area contributed by atoms with Gasteiger partial charge in [-0.3, -0.25) is 0 Å². The van der Waals surface area contributed by atoms with Gasteiger partial charge in [-0.2, -0.15) is 0 Å². The molecule has 0 aliphatic rings. The molecule has 0 saturated heterocycles. The largest absolute Gasteiger partial charge is 0.120 e. The van der Waals surface area contributed by atoms with Gasteiger partial charge in [0.1, 0.15) is 0 Å². The third-order valence-corrected chi connectivity index (χ3v) is 2.17. The molecule has 0 bridgehead atoms. The molecule has 0 radical (unpaired) electrons. The Morgan fingerprint density at radius 3 is 2.92 bits per heavy atom. The molecule has 0 atom stereocenters. The van der Waals surface area contributed by atoms with Crippen LogP contribution in [0.4, 0.5) is 0 Å². The molecule has 0 spiro atoms. The van der Waals surface area contributed by atoms with Gasteiger partial charge in [-0.15, -0.1) is 12.3 Å². The molecule has 1 aromatic rings. The molecule has 0 aromatic heterocycles. The highest BCUT2D eigenvalue weighted by atomic mass is 79.9. The van der Waals surface area contributed by atoms with Gasteiger partial charge < -0.3 is 0 Å². The quantitative estimate of drug-likeness (QED) is 0.544. The summed E-state index contributed by atoms with van der Waals surface area (Å²) in [6.45, 7) is 0. The summed E-state index contributed by atoms with van der Waals surface area (Å²) < 4.78 is 1.14. The minimum Gasteiger partial charge on any atom is -0.120 e. The number of benzene rings is 1. The molecular weight excluding hydrogens is 212 g/mol. The second kappa shape index (κ2) is 5.00. The zero-order valence-corrected chi connectivity index (χ0v) is 8.47. The fraction of sp³-hybridized carbons (Fsp3) is 0.273. The summed E-state index contributed by atoms with van der Waals surface area (Å²) in [7, 11) is 0. The molecule has 0 nitrogen and oxygen atoms in total.